The normalized spacial score (nSPS) is 14.7. The molecule has 0 N–H and O–H groups in total. The molecular weight excluding hydrogens is 292 g/mol. The van der Waals surface area contributed by atoms with Crippen LogP contribution in [0.2, 0.25) is 0 Å². The van der Waals surface area contributed by atoms with Crippen molar-refractivity contribution < 1.29 is 18.7 Å². The van der Waals surface area contributed by atoms with Crippen molar-refractivity contribution in [2.45, 2.75) is 32.3 Å². The van der Waals surface area contributed by atoms with Gasteiger partial charge in [0.15, 0.2) is 6.10 Å². The molecule has 0 amide bonds. The summed E-state index contributed by atoms with van der Waals surface area (Å²) >= 11 is 0. The Morgan fingerprint density at radius 3 is 2.83 bits per heavy atom. The van der Waals surface area contributed by atoms with Gasteiger partial charge >= 0.3 is 5.97 Å². The van der Waals surface area contributed by atoms with Crippen LogP contribution in [0.15, 0.2) is 47.1 Å². The molecule has 1 aliphatic rings. The highest BCUT2D eigenvalue weighted by Gasteiger charge is 2.20. The van der Waals surface area contributed by atoms with E-state index in [1.165, 1.54) is 29.5 Å². The molecule has 23 heavy (non-hydrogen) atoms. The van der Waals surface area contributed by atoms with Crippen molar-refractivity contribution in [3.8, 4) is 0 Å². The Kier molecular flexibility index (Phi) is 4.42. The number of ketones is 1. The standard InChI is InChI=1S/C19H18O4/c1-13(23-18(20)10-9-17-6-3-11-22-17)19(21)16-8-7-14-4-2-5-15(14)12-16/h3,6-13H,2,4-5H2,1H3/b10-9+/t13-/m0/s1. The molecule has 3 rings (SSSR count). The monoisotopic (exact) mass is 310 g/mol. The molecule has 2 aromatic rings. The fourth-order valence-corrected chi connectivity index (χ4v) is 2.76. The largest absolute Gasteiger partial charge is 0.465 e. The first-order valence-corrected chi connectivity index (χ1v) is 7.72. The average molecular weight is 310 g/mol. The minimum absolute atomic E-state index is 0.181. The summed E-state index contributed by atoms with van der Waals surface area (Å²) in [6, 6.07) is 9.19. The summed E-state index contributed by atoms with van der Waals surface area (Å²) in [6.45, 7) is 1.59. The summed E-state index contributed by atoms with van der Waals surface area (Å²) in [4.78, 5) is 24.2. The number of ether oxygens (including phenoxy) is 1. The van der Waals surface area contributed by atoms with E-state index in [0.29, 0.717) is 11.3 Å². The molecule has 1 aromatic carbocycles. The number of carbonyl (C=O) groups is 2. The minimum Gasteiger partial charge on any atom is -0.465 e. The minimum atomic E-state index is -0.816. The van der Waals surface area contributed by atoms with Gasteiger partial charge in [0, 0.05) is 11.6 Å². The number of hydrogen-bond acceptors (Lipinski definition) is 4. The van der Waals surface area contributed by atoms with Crippen LogP contribution in [0.4, 0.5) is 0 Å². The number of furan rings is 1. The van der Waals surface area contributed by atoms with Crippen LogP contribution in [-0.4, -0.2) is 17.9 Å². The SMILES string of the molecule is C[C@H](OC(=O)/C=C/c1ccco1)C(=O)c1ccc2c(c1)CCC2. The lowest BCUT2D eigenvalue weighted by atomic mass is 10.0. The van der Waals surface area contributed by atoms with Gasteiger partial charge in [0.05, 0.1) is 6.26 Å². The Morgan fingerprint density at radius 1 is 1.22 bits per heavy atom. The Morgan fingerprint density at radius 2 is 2.04 bits per heavy atom. The summed E-state index contributed by atoms with van der Waals surface area (Å²) in [7, 11) is 0. The Balaban J connectivity index is 1.62. The van der Waals surface area contributed by atoms with Crippen LogP contribution in [0.25, 0.3) is 6.08 Å². The van der Waals surface area contributed by atoms with Gasteiger partial charge in [0.1, 0.15) is 5.76 Å². The lowest BCUT2D eigenvalue weighted by Gasteiger charge is -2.11. The van der Waals surface area contributed by atoms with Crippen LogP contribution in [0.1, 0.15) is 40.6 Å². The zero-order chi connectivity index (χ0) is 16.2. The number of carbonyl (C=O) groups excluding carboxylic acids is 2. The predicted octanol–water partition coefficient (Wildman–Crippen LogP) is 3.60. The molecule has 1 aliphatic carbocycles. The Labute approximate surface area is 134 Å². The van der Waals surface area contributed by atoms with E-state index in [1.807, 2.05) is 18.2 Å². The second-order valence-corrected chi connectivity index (χ2v) is 5.63. The molecule has 4 heteroatoms. The summed E-state index contributed by atoms with van der Waals surface area (Å²) < 4.78 is 10.3. The highest BCUT2D eigenvalue weighted by Crippen LogP contribution is 2.23. The van der Waals surface area contributed by atoms with Gasteiger partial charge in [-0.25, -0.2) is 4.79 Å². The molecule has 118 valence electrons. The molecule has 1 aromatic heterocycles. The number of Topliss-reactive ketones (excluding diaryl/α,β-unsaturated/α-hetero) is 1. The predicted molar refractivity (Wildman–Crippen MR) is 86.1 cm³/mol. The molecule has 0 saturated carbocycles. The highest BCUT2D eigenvalue weighted by molar-refractivity contribution is 6.01. The van der Waals surface area contributed by atoms with E-state index >= 15 is 0 Å². The average Bonchev–Trinajstić information content (AvgIpc) is 3.22. The first kappa shape index (κ1) is 15.3. The summed E-state index contributed by atoms with van der Waals surface area (Å²) in [5, 5.41) is 0. The molecule has 0 spiro atoms. The molecule has 0 aliphatic heterocycles. The van der Waals surface area contributed by atoms with E-state index in [-0.39, 0.29) is 5.78 Å². The van der Waals surface area contributed by atoms with Crippen molar-refractivity contribution in [2.75, 3.05) is 0 Å². The van der Waals surface area contributed by atoms with Gasteiger partial charge in [-0.3, -0.25) is 4.79 Å². The van der Waals surface area contributed by atoms with Crippen LogP contribution in [0.3, 0.4) is 0 Å². The first-order chi connectivity index (χ1) is 11.1. The zero-order valence-corrected chi connectivity index (χ0v) is 13.0. The van der Waals surface area contributed by atoms with E-state index in [1.54, 1.807) is 19.1 Å². The van der Waals surface area contributed by atoms with Crippen molar-refractivity contribution in [3.05, 3.63) is 65.1 Å². The van der Waals surface area contributed by atoms with Crippen molar-refractivity contribution >= 4 is 17.8 Å². The molecular formula is C19H18O4. The van der Waals surface area contributed by atoms with Gasteiger partial charge in [0.25, 0.3) is 0 Å². The van der Waals surface area contributed by atoms with Crippen molar-refractivity contribution in [1.29, 1.82) is 0 Å². The molecule has 1 heterocycles. The van der Waals surface area contributed by atoms with Crippen LogP contribution >= 0.6 is 0 Å². The van der Waals surface area contributed by atoms with E-state index in [0.717, 1.165) is 19.3 Å². The fourth-order valence-electron chi connectivity index (χ4n) is 2.76. The highest BCUT2D eigenvalue weighted by atomic mass is 16.5. The lowest BCUT2D eigenvalue weighted by molar-refractivity contribution is -0.140. The van der Waals surface area contributed by atoms with Gasteiger partial charge in [0.2, 0.25) is 5.78 Å². The van der Waals surface area contributed by atoms with E-state index in [2.05, 4.69) is 0 Å². The zero-order valence-electron chi connectivity index (χ0n) is 13.0. The summed E-state index contributed by atoms with van der Waals surface area (Å²) in [5.41, 5.74) is 3.14. The van der Waals surface area contributed by atoms with Gasteiger partial charge in [-0.15, -0.1) is 0 Å². The van der Waals surface area contributed by atoms with Crippen LogP contribution in [-0.2, 0) is 22.4 Å². The van der Waals surface area contributed by atoms with Crippen molar-refractivity contribution in [2.24, 2.45) is 0 Å². The molecule has 0 fully saturated rings. The van der Waals surface area contributed by atoms with E-state index < -0.39 is 12.1 Å². The van der Waals surface area contributed by atoms with Crippen LogP contribution in [0.5, 0.6) is 0 Å². The Bertz CT molecular complexity index is 741. The van der Waals surface area contributed by atoms with Crippen LogP contribution < -0.4 is 0 Å². The fraction of sp³-hybridized carbons (Fsp3) is 0.263. The molecule has 4 nitrogen and oxygen atoms in total. The molecule has 0 radical (unpaired) electrons. The summed E-state index contributed by atoms with van der Waals surface area (Å²) in [6.07, 6.45) is 6.69. The third kappa shape index (κ3) is 3.59. The molecule has 1 atom stereocenters. The molecule has 0 bridgehead atoms. The molecule has 0 saturated heterocycles. The number of fused-ring (bicyclic) bond motifs is 1. The quantitative estimate of drug-likeness (QED) is 0.481. The third-order valence-corrected chi connectivity index (χ3v) is 3.97. The smallest absolute Gasteiger partial charge is 0.331 e. The van der Waals surface area contributed by atoms with Gasteiger partial charge in [-0.05, 0) is 61.6 Å². The van der Waals surface area contributed by atoms with Gasteiger partial charge in [-0.2, -0.15) is 0 Å². The van der Waals surface area contributed by atoms with Crippen molar-refractivity contribution in [3.63, 3.8) is 0 Å². The number of hydrogen-bond donors (Lipinski definition) is 0. The molecule has 0 unspecified atom stereocenters. The third-order valence-electron chi connectivity index (χ3n) is 3.97. The lowest BCUT2D eigenvalue weighted by Crippen LogP contribution is -2.23. The maximum absolute atomic E-state index is 12.4. The number of aryl methyl sites for hydroxylation is 2. The van der Waals surface area contributed by atoms with Gasteiger partial charge in [-0.1, -0.05) is 12.1 Å². The first-order valence-electron chi connectivity index (χ1n) is 7.72. The van der Waals surface area contributed by atoms with Crippen molar-refractivity contribution in [1.82, 2.24) is 0 Å². The van der Waals surface area contributed by atoms with Gasteiger partial charge < -0.3 is 9.15 Å². The van der Waals surface area contributed by atoms with E-state index in [9.17, 15) is 9.59 Å². The second-order valence-electron chi connectivity index (χ2n) is 5.63. The van der Waals surface area contributed by atoms with Crippen LogP contribution in [0, 0.1) is 0 Å². The second kappa shape index (κ2) is 6.65. The summed E-state index contributed by atoms with van der Waals surface area (Å²) in [5.74, 6) is -0.192. The maximum Gasteiger partial charge on any atom is 0.331 e. The number of rotatable bonds is 5. The topological polar surface area (TPSA) is 56.5 Å². The Hall–Kier alpha value is -2.62. The maximum atomic E-state index is 12.4. The van der Waals surface area contributed by atoms with E-state index in [4.69, 9.17) is 9.15 Å². The number of benzene rings is 1. The number of esters is 1.